The summed E-state index contributed by atoms with van der Waals surface area (Å²) in [4.78, 5) is 22.1. The fourth-order valence-corrected chi connectivity index (χ4v) is 2.16. The molecule has 0 saturated carbocycles. The standard InChI is InChI=1S/C16H14BrN3O4/c1-11(24-15-7-3-5-13(17)9-15)16(21)19-18-10-12-4-2-6-14(8-12)20(22)23/h2-11H,1H3,(H,19,21)/b18-10-/t11-/m1/s1. The molecule has 0 bridgehead atoms. The lowest BCUT2D eigenvalue weighted by atomic mass is 10.2. The number of amides is 1. The van der Waals surface area contributed by atoms with E-state index in [2.05, 4.69) is 26.5 Å². The van der Waals surface area contributed by atoms with E-state index in [1.165, 1.54) is 18.3 Å². The number of rotatable bonds is 6. The molecule has 2 aromatic carbocycles. The Morgan fingerprint density at radius 3 is 2.79 bits per heavy atom. The summed E-state index contributed by atoms with van der Waals surface area (Å²) >= 11 is 3.32. The predicted molar refractivity (Wildman–Crippen MR) is 93.1 cm³/mol. The van der Waals surface area contributed by atoms with Crippen LogP contribution in [-0.2, 0) is 4.79 Å². The Morgan fingerprint density at radius 2 is 2.08 bits per heavy atom. The molecule has 0 aliphatic carbocycles. The van der Waals surface area contributed by atoms with Crippen molar-refractivity contribution in [1.82, 2.24) is 5.43 Å². The number of hydrazone groups is 1. The first-order chi connectivity index (χ1) is 11.5. The molecule has 7 nitrogen and oxygen atoms in total. The number of nitrogens with zero attached hydrogens (tertiary/aromatic N) is 2. The molecule has 124 valence electrons. The lowest BCUT2D eigenvalue weighted by Crippen LogP contribution is -2.33. The van der Waals surface area contributed by atoms with Crippen molar-refractivity contribution < 1.29 is 14.5 Å². The minimum atomic E-state index is -0.749. The molecule has 0 radical (unpaired) electrons. The van der Waals surface area contributed by atoms with Crippen LogP contribution in [0.25, 0.3) is 0 Å². The second-order valence-corrected chi connectivity index (χ2v) is 5.72. The topological polar surface area (TPSA) is 93.8 Å². The maximum absolute atomic E-state index is 11.9. The van der Waals surface area contributed by atoms with Crippen molar-refractivity contribution in [2.45, 2.75) is 13.0 Å². The fraction of sp³-hybridized carbons (Fsp3) is 0.125. The van der Waals surface area contributed by atoms with Crippen LogP contribution in [0.5, 0.6) is 5.75 Å². The van der Waals surface area contributed by atoms with E-state index < -0.39 is 16.9 Å². The largest absolute Gasteiger partial charge is 0.481 e. The minimum Gasteiger partial charge on any atom is -0.481 e. The maximum atomic E-state index is 11.9. The molecule has 0 heterocycles. The van der Waals surface area contributed by atoms with Crippen LogP contribution >= 0.6 is 15.9 Å². The van der Waals surface area contributed by atoms with Crippen molar-refractivity contribution in [2.24, 2.45) is 5.10 Å². The monoisotopic (exact) mass is 391 g/mol. The van der Waals surface area contributed by atoms with Gasteiger partial charge in [-0.1, -0.05) is 34.1 Å². The predicted octanol–water partition coefficient (Wildman–Crippen LogP) is 3.27. The Hall–Kier alpha value is -2.74. The minimum absolute atomic E-state index is 0.0448. The van der Waals surface area contributed by atoms with E-state index in [1.807, 2.05) is 6.07 Å². The van der Waals surface area contributed by atoms with Gasteiger partial charge in [0.25, 0.3) is 11.6 Å². The van der Waals surface area contributed by atoms with Crippen molar-refractivity contribution >= 4 is 33.7 Å². The smallest absolute Gasteiger partial charge is 0.280 e. The van der Waals surface area contributed by atoms with Gasteiger partial charge in [0, 0.05) is 22.2 Å². The number of nitro groups is 1. The van der Waals surface area contributed by atoms with Gasteiger partial charge in [-0.2, -0.15) is 5.10 Å². The highest BCUT2D eigenvalue weighted by Gasteiger charge is 2.14. The van der Waals surface area contributed by atoms with E-state index >= 15 is 0 Å². The zero-order valence-electron chi connectivity index (χ0n) is 12.7. The zero-order valence-corrected chi connectivity index (χ0v) is 14.3. The molecule has 1 amide bonds. The summed E-state index contributed by atoms with van der Waals surface area (Å²) < 4.78 is 6.35. The number of non-ortho nitro benzene ring substituents is 1. The summed E-state index contributed by atoms with van der Waals surface area (Å²) in [7, 11) is 0. The van der Waals surface area contributed by atoms with E-state index in [0.717, 1.165) is 4.47 Å². The first-order valence-corrected chi connectivity index (χ1v) is 7.74. The summed E-state index contributed by atoms with van der Waals surface area (Å²) in [6.45, 7) is 1.60. The SMILES string of the molecule is C[C@@H](Oc1cccc(Br)c1)C(=O)N/N=C\c1cccc([N+](=O)[O-])c1. The van der Waals surface area contributed by atoms with Crippen molar-refractivity contribution in [1.29, 1.82) is 0 Å². The van der Waals surface area contributed by atoms with E-state index in [0.29, 0.717) is 11.3 Å². The molecule has 2 aromatic rings. The zero-order chi connectivity index (χ0) is 17.5. The Balaban J connectivity index is 1.92. The molecule has 0 spiro atoms. The second-order valence-electron chi connectivity index (χ2n) is 4.80. The highest BCUT2D eigenvalue weighted by Crippen LogP contribution is 2.18. The van der Waals surface area contributed by atoms with Crippen molar-refractivity contribution in [3.05, 3.63) is 68.7 Å². The molecule has 0 aliphatic heterocycles. The molecule has 0 unspecified atom stereocenters. The van der Waals surface area contributed by atoms with Gasteiger partial charge in [-0.3, -0.25) is 14.9 Å². The highest BCUT2D eigenvalue weighted by molar-refractivity contribution is 9.10. The van der Waals surface area contributed by atoms with Gasteiger partial charge in [0.1, 0.15) is 5.75 Å². The number of hydrogen-bond acceptors (Lipinski definition) is 5. The number of carbonyl (C=O) groups excluding carboxylic acids is 1. The average molecular weight is 392 g/mol. The van der Waals surface area contributed by atoms with Gasteiger partial charge >= 0.3 is 0 Å². The molecular formula is C16H14BrN3O4. The molecule has 0 aromatic heterocycles. The third-order valence-corrected chi connectivity index (χ3v) is 3.44. The maximum Gasteiger partial charge on any atom is 0.280 e. The molecule has 1 N–H and O–H groups in total. The normalized spacial score (nSPS) is 11.9. The molecular weight excluding hydrogens is 378 g/mol. The number of halogens is 1. The molecule has 24 heavy (non-hydrogen) atoms. The third kappa shape index (κ3) is 5.17. The lowest BCUT2D eigenvalue weighted by Gasteiger charge is -2.12. The van der Waals surface area contributed by atoms with Gasteiger partial charge < -0.3 is 4.74 Å². The summed E-state index contributed by atoms with van der Waals surface area (Å²) in [5.74, 6) is 0.117. The van der Waals surface area contributed by atoms with Crippen molar-refractivity contribution in [3.8, 4) is 5.75 Å². The number of carbonyl (C=O) groups is 1. The molecule has 2 rings (SSSR count). The number of nitro benzene ring substituents is 1. The number of ether oxygens (including phenoxy) is 1. The van der Waals surface area contributed by atoms with Gasteiger partial charge in [-0.25, -0.2) is 5.43 Å². The van der Waals surface area contributed by atoms with Crippen LogP contribution in [0.1, 0.15) is 12.5 Å². The van der Waals surface area contributed by atoms with Crippen LogP contribution in [0.4, 0.5) is 5.69 Å². The summed E-state index contributed by atoms with van der Waals surface area (Å²) in [6.07, 6.45) is 0.582. The second kappa shape index (κ2) is 8.21. The van der Waals surface area contributed by atoms with Gasteiger partial charge in [-0.15, -0.1) is 0 Å². The van der Waals surface area contributed by atoms with Gasteiger partial charge in [-0.05, 0) is 25.1 Å². The molecule has 1 atom stereocenters. The van der Waals surface area contributed by atoms with Gasteiger partial charge in [0.2, 0.25) is 0 Å². The van der Waals surface area contributed by atoms with Crippen LogP contribution in [-0.4, -0.2) is 23.1 Å². The van der Waals surface area contributed by atoms with Crippen molar-refractivity contribution in [2.75, 3.05) is 0 Å². The Morgan fingerprint density at radius 1 is 1.33 bits per heavy atom. The average Bonchev–Trinajstić information content (AvgIpc) is 2.55. The van der Waals surface area contributed by atoms with Crippen LogP contribution in [0.3, 0.4) is 0 Å². The van der Waals surface area contributed by atoms with Crippen LogP contribution in [0, 0.1) is 10.1 Å². The van der Waals surface area contributed by atoms with E-state index in [9.17, 15) is 14.9 Å². The van der Waals surface area contributed by atoms with E-state index in [-0.39, 0.29) is 5.69 Å². The van der Waals surface area contributed by atoms with E-state index in [1.54, 1.807) is 37.3 Å². The molecule has 8 heteroatoms. The van der Waals surface area contributed by atoms with Crippen molar-refractivity contribution in [3.63, 3.8) is 0 Å². The molecule has 0 aliphatic rings. The van der Waals surface area contributed by atoms with Crippen LogP contribution in [0.2, 0.25) is 0 Å². The lowest BCUT2D eigenvalue weighted by molar-refractivity contribution is -0.384. The number of hydrogen-bond donors (Lipinski definition) is 1. The van der Waals surface area contributed by atoms with Crippen LogP contribution in [0.15, 0.2) is 58.1 Å². The Bertz CT molecular complexity index is 779. The van der Waals surface area contributed by atoms with E-state index in [4.69, 9.17) is 4.74 Å². The summed E-state index contributed by atoms with van der Waals surface area (Å²) in [5, 5.41) is 14.5. The Labute approximate surface area is 146 Å². The Kier molecular flexibility index (Phi) is 6.02. The first kappa shape index (κ1) is 17.6. The van der Waals surface area contributed by atoms with Gasteiger partial charge in [0.15, 0.2) is 6.10 Å². The molecule has 0 fully saturated rings. The quantitative estimate of drug-likeness (QED) is 0.464. The first-order valence-electron chi connectivity index (χ1n) is 6.95. The fourth-order valence-electron chi connectivity index (χ4n) is 1.78. The number of nitrogens with one attached hydrogen (secondary N) is 1. The third-order valence-electron chi connectivity index (χ3n) is 2.95. The van der Waals surface area contributed by atoms with Gasteiger partial charge in [0.05, 0.1) is 11.1 Å². The number of benzene rings is 2. The highest BCUT2D eigenvalue weighted by atomic mass is 79.9. The summed E-state index contributed by atoms with van der Waals surface area (Å²) in [5.41, 5.74) is 2.80. The van der Waals surface area contributed by atoms with Crippen LogP contribution < -0.4 is 10.2 Å². The molecule has 0 saturated heterocycles. The summed E-state index contributed by atoms with van der Waals surface area (Å²) in [6, 6.07) is 13.0.